The summed E-state index contributed by atoms with van der Waals surface area (Å²) in [6, 6.07) is 14.4. The van der Waals surface area contributed by atoms with Crippen LogP contribution in [0.4, 0.5) is 5.69 Å². The third-order valence-corrected chi connectivity index (χ3v) is 7.18. The van der Waals surface area contributed by atoms with Gasteiger partial charge in [-0.05, 0) is 47.6 Å². The fraction of sp³-hybridized carbons (Fsp3) is 0.261. The molecule has 0 unspecified atom stereocenters. The molecule has 6 nitrogen and oxygen atoms in total. The van der Waals surface area contributed by atoms with E-state index >= 15 is 0 Å². The Balaban J connectivity index is 1.49. The number of carbonyl (C=O) groups excluding carboxylic acids is 1. The largest absolute Gasteiger partial charge is 0.493 e. The Hall–Kier alpha value is -3.06. The Morgan fingerprint density at radius 2 is 1.70 bits per heavy atom. The lowest BCUT2D eigenvalue weighted by Gasteiger charge is -2.12. The Labute approximate surface area is 175 Å². The fourth-order valence-corrected chi connectivity index (χ4v) is 5.18. The van der Waals surface area contributed by atoms with E-state index in [0.29, 0.717) is 17.2 Å². The summed E-state index contributed by atoms with van der Waals surface area (Å²) in [7, 11) is -0.721. The van der Waals surface area contributed by atoms with Gasteiger partial charge >= 0.3 is 0 Å². The number of aryl methyl sites for hydroxylation is 2. The zero-order valence-electron chi connectivity index (χ0n) is 16.9. The highest BCUT2D eigenvalue weighted by Gasteiger charge is 2.20. The van der Waals surface area contributed by atoms with Crippen LogP contribution in [0.3, 0.4) is 0 Å². The smallest absolute Gasteiger partial charge is 0.225 e. The van der Waals surface area contributed by atoms with Crippen LogP contribution in [-0.2, 0) is 27.5 Å². The molecule has 30 heavy (non-hydrogen) atoms. The van der Waals surface area contributed by atoms with Gasteiger partial charge in [-0.2, -0.15) is 0 Å². The van der Waals surface area contributed by atoms with Crippen molar-refractivity contribution < 1.29 is 22.7 Å². The molecule has 0 bridgehead atoms. The van der Waals surface area contributed by atoms with Crippen LogP contribution < -0.4 is 14.8 Å². The number of carbonyl (C=O) groups is 1. The minimum absolute atomic E-state index is 0.0956. The lowest BCUT2D eigenvalue weighted by Crippen LogP contribution is -2.17. The van der Waals surface area contributed by atoms with Crippen LogP contribution in [0.15, 0.2) is 53.4 Å². The third kappa shape index (κ3) is 3.73. The molecule has 1 N–H and O–H groups in total. The molecular formula is C23H23NO5S. The first kappa shape index (κ1) is 20.2. The quantitative estimate of drug-likeness (QED) is 0.623. The minimum atomic E-state index is -3.65. The van der Waals surface area contributed by atoms with Crippen molar-refractivity contribution in [2.24, 2.45) is 0 Å². The predicted octanol–water partition coefficient (Wildman–Crippen LogP) is 3.76. The summed E-state index contributed by atoms with van der Waals surface area (Å²) in [5, 5.41) is 5.08. The second kappa shape index (κ2) is 7.99. The average molecular weight is 426 g/mol. The van der Waals surface area contributed by atoms with Gasteiger partial charge in [-0.25, -0.2) is 8.42 Å². The predicted molar refractivity (Wildman–Crippen MR) is 116 cm³/mol. The molecule has 0 radical (unpaired) electrons. The van der Waals surface area contributed by atoms with E-state index in [1.54, 1.807) is 6.07 Å². The fourth-order valence-electron chi connectivity index (χ4n) is 3.92. The van der Waals surface area contributed by atoms with Gasteiger partial charge in [0.25, 0.3) is 0 Å². The molecular weight excluding hydrogens is 402 g/mol. The standard InChI is InChI=1S/C23H23NO5S/c1-28-20-11-9-17(14-21(20)29-2)30(26,27)13-12-22(25)24-19-10-8-16-7-6-15-4-3-5-18(19)23(15)16/h3-5,8-11,14H,6-7,12-13H2,1-2H3,(H,24,25). The maximum atomic E-state index is 12.7. The van der Waals surface area contributed by atoms with Crippen molar-refractivity contribution in [3.63, 3.8) is 0 Å². The van der Waals surface area contributed by atoms with Gasteiger partial charge in [0, 0.05) is 23.6 Å². The summed E-state index contributed by atoms with van der Waals surface area (Å²) in [5.41, 5.74) is 3.29. The van der Waals surface area contributed by atoms with Crippen molar-refractivity contribution in [3.8, 4) is 11.5 Å². The van der Waals surface area contributed by atoms with Gasteiger partial charge in [0.15, 0.2) is 21.3 Å². The molecule has 7 heteroatoms. The number of ether oxygens (including phenoxy) is 2. The molecule has 1 amide bonds. The van der Waals surface area contributed by atoms with E-state index in [4.69, 9.17) is 9.47 Å². The SMILES string of the molecule is COc1ccc(S(=O)(=O)CCC(=O)Nc2ccc3c4c(cccc24)CC3)cc1OC. The summed E-state index contributed by atoms with van der Waals surface area (Å²) in [6.07, 6.45) is 1.88. The summed E-state index contributed by atoms with van der Waals surface area (Å²) in [4.78, 5) is 12.6. The molecule has 3 aromatic rings. The molecule has 0 saturated heterocycles. The molecule has 0 aromatic heterocycles. The number of nitrogens with one attached hydrogen (secondary N) is 1. The summed E-state index contributed by atoms with van der Waals surface area (Å²) in [5.74, 6) is 0.144. The van der Waals surface area contributed by atoms with Crippen LogP contribution in [0, 0.1) is 0 Å². The van der Waals surface area contributed by atoms with Crippen LogP contribution in [0.2, 0.25) is 0 Å². The van der Waals surface area contributed by atoms with Crippen molar-refractivity contribution in [2.75, 3.05) is 25.3 Å². The molecule has 0 spiro atoms. The molecule has 156 valence electrons. The second-order valence-electron chi connectivity index (χ2n) is 7.25. The third-order valence-electron chi connectivity index (χ3n) is 5.46. The van der Waals surface area contributed by atoms with E-state index in [-0.39, 0.29) is 23.0 Å². The molecule has 0 aliphatic heterocycles. The highest BCUT2D eigenvalue weighted by molar-refractivity contribution is 7.91. The van der Waals surface area contributed by atoms with Gasteiger partial charge in [0.05, 0.1) is 24.9 Å². The lowest BCUT2D eigenvalue weighted by atomic mass is 10.0. The molecule has 1 aliphatic carbocycles. The van der Waals surface area contributed by atoms with E-state index in [1.165, 1.54) is 42.9 Å². The first-order valence-electron chi connectivity index (χ1n) is 9.71. The van der Waals surface area contributed by atoms with E-state index < -0.39 is 9.84 Å². The van der Waals surface area contributed by atoms with Gasteiger partial charge in [0.1, 0.15) is 0 Å². The molecule has 0 fully saturated rings. The second-order valence-corrected chi connectivity index (χ2v) is 9.35. The number of methoxy groups -OCH3 is 2. The van der Waals surface area contributed by atoms with Crippen LogP contribution >= 0.6 is 0 Å². The highest BCUT2D eigenvalue weighted by Crippen LogP contribution is 2.35. The van der Waals surface area contributed by atoms with Crippen molar-refractivity contribution >= 4 is 32.2 Å². The highest BCUT2D eigenvalue weighted by atomic mass is 32.2. The molecule has 0 saturated carbocycles. The van der Waals surface area contributed by atoms with Gasteiger partial charge in [-0.1, -0.05) is 24.3 Å². The van der Waals surface area contributed by atoms with Crippen LogP contribution in [0.1, 0.15) is 17.5 Å². The average Bonchev–Trinajstić information content (AvgIpc) is 3.18. The van der Waals surface area contributed by atoms with Gasteiger partial charge in [0.2, 0.25) is 5.91 Å². The van der Waals surface area contributed by atoms with E-state index in [9.17, 15) is 13.2 Å². The molecule has 1 aliphatic rings. The zero-order valence-corrected chi connectivity index (χ0v) is 17.7. The van der Waals surface area contributed by atoms with Crippen molar-refractivity contribution in [1.82, 2.24) is 0 Å². The summed E-state index contributed by atoms with van der Waals surface area (Å²) in [6.45, 7) is 0. The van der Waals surface area contributed by atoms with E-state index in [1.807, 2.05) is 24.3 Å². The van der Waals surface area contributed by atoms with Crippen molar-refractivity contribution in [3.05, 3.63) is 59.7 Å². The number of sulfone groups is 1. The van der Waals surface area contributed by atoms with Gasteiger partial charge < -0.3 is 14.8 Å². The van der Waals surface area contributed by atoms with Crippen LogP contribution in [0.5, 0.6) is 11.5 Å². The Bertz CT molecular complexity index is 1220. The Kier molecular flexibility index (Phi) is 5.39. The van der Waals surface area contributed by atoms with E-state index in [2.05, 4.69) is 11.4 Å². The molecule has 4 rings (SSSR count). The monoisotopic (exact) mass is 425 g/mol. The molecule has 0 atom stereocenters. The first-order chi connectivity index (χ1) is 14.4. The number of rotatable bonds is 7. The van der Waals surface area contributed by atoms with Gasteiger partial charge in [-0.3, -0.25) is 4.79 Å². The van der Waals surface area contributed by atoms with E-state index in [0.717, 1.165) is 18.2 Å². The number of hydrogen-bond donors (Lipinski definition) is 1. The molecule has 3 aromatic carbocycles. The normalized spacial score (nSPS) is 12.7. The number of benzene rings is 3. The maximum Gasteiger partial charge on any atom is 0.225 e. The van der Waals surface area contributed by atoms with Crippen molar-refractivity contribution in [1.29, 1.82) is 0 Å². The number of amides is 1. The minimum Gasteiger partial charge on any atom is -0.493 e. The summed E-state index contributed by atoms with van der Waals surface area (Å²) >= 11 is 0. The van der Waals surface area contributed by atoms with Crippen LogP contribution in [0.25, 0.3) is 10.8 Å². The first-order valence-corrected chi connectivity index (χ1v) is 11.4. The number of hydrogen-bond acceptors (Lipinski definition) is 5. The Morgan fingerprint density at radius 1 is 0.967 bits per heavy atom. The lowest BCUT2D eigenvalue weighted by molar-refractivity contribution is -0.115. The van der Waals surface area contributed by atoms with Crippen molar-refractivity contribution in [2.45, 2.75) is 24.2 Å². The number of anilines is 1. The zero-order chi connectivity index (χ0) is 21.3. The topological polar surface area (TPSA) is 81.7 Å². The Morgan fingerprint density at radius 3 is 2.43 bits per heavy atom. The van der Waals surface area contributed by atoms with Crippen LogP contribution in [-0.4, -0.2) is 34.3 Å². The maximum absolute atomic E-state index is 12.7. The molecule has 0 heterocycles. The van der Waals surface area contributed by atoms with Gasteiger partial charge in [-0.15, -0.1) is 0 Å². The summed E-state index contributed by atoms with van der Waals surface area (Å²) < 4.78 is 35.7.